The van der Waals surface area contributed by atoms with Crippen LogP contribution in [0.25, 0.3) is 0 Å². The van der Waals surface area contributed by atoms with Gasteiger partial charge in [-0.05, 0) is 6.07 Å². The molecule has 0 fully saturated rings. The van der Waals surface area contributed by atoms with Gasteiger partial charge in [0, 0.05) is 23.9 Å². The average molecular weight is 187 g/mol. The van der Waals surface area contributed by atoms with E-state index in [1.807, 2.05) is 0 Å². The Morgan fingerprint density at radius 3 is 2.62 bits per heavy atom. The Hall–Kier alpha value is -1.16. The number of anilines is 1. The van der Waals surface area contributed by atoms with Crippen molar-refractivity contribution in [2.24, 2.45) is 0 Å². The summed E-state index contributed by atoms with van der Waals surface area (Å²) in [5, 5.41) is 11.7. The van der Waals surface area contributed by atoms with E-state index in [0.717, 1.165) is 0 Å². The maximum atomic E-state index is 12.4. The van der Waals surface area contributed by atoms with Crippen molar-refractivity contribution in [3.8, 4) is 0 Å². The molecule has 0 aliphatic carbocycles. The molecule has 1 rings (SSSR count). The largest absolute Gasteiger partial charge is 0.392 e. The Morgan fingerprint density at radius 2 is 2.15 bits per heavy atom. The third-order valence-corrected chi connectivity index (χ3v) is 1.87. The quantitative estimate of drug-likeness (QED) is 0.760. The van der Waals surface area contributed by atoms with Crippen LogP contribution < -0.4 is 5.32 Å². The van der Waals surface area contributed by atoms with Gasteiger partial charge in [0.25, 0.3) is 6.43 Å². The Bertz CT molecular complexity index is 289. The van der Waals surface area contributed by atoms with Gasteiger partial charge in [0.15, 0.2) is 0 Å². The molecule has 0 aliphatic heterocycles. The number of halogens is 2. The molecule has 13 heavy (non-hydrogen) atoms. The Kier molecular flexibility index (Phi) is 3.19. The molecule has 0 unspecified atom stereocenters. The van der Waals surface area contributed by atoms with Crippen molar-refractivity contribution < 1.29 is 13.9 Å². The lowest BCUT2D eigenvalue weighted by atomic mass is 10.1. The number of nitrogens with one attached hydrogen (secondary N) is 1. The summed E-state index contributed by atoms with van der Waals surface area (Å²) in [5.74, 6) is 0. The number of benzene rings is 1. The van der Waals surface area contributed by atoms with Crippen LogP contribution in [0.4, 0.5) is 14.5 Å². The number of aliphatic hydroxyl groups excluding tert-OH is 1. The molecule has 1 aromatic rings. The topological polar surface area (TPSA) is 32.3 Å². The highest BCUT2D eigenvalue weighted by Crippen LogP contribution is 2.27. The molecule has 0 aliphatic rings. The molecule has 0 saturated carbocycles. The molecular formula is C9H11F2NO. The minimum absolute atomic E-state index is 0.116. The van der Waals surface area contributed by atoms with E-state index >= 15 is 0 Å². The lowest BCUT2D eigenvalue weighted by Crippen LogP contribution is -2.00. The highest BCUT2D eigenvalue weighted by molar-refractivity contribution is 5.54. The minimum Gasteiger partial charge on any atom is -0.392 e. The summed E-state index contributed by atoms with van der Waals surface area (Å²) in [4.78, 5) is 0. The summed E-state index contributed by atoms with van der Waals surface area (Å²) < 4.78 is 24.8. The van der Waals surface area contributed by atoms with Crippen molar-refractivity contribution in [3.05, 3.63) is 29.3 Å². The number of aliphatic hydroxyl groups is 1. The normalized spacial score (nSPS) is 10.5. The van der Waals surface area contributed by atoms with E-state index in [9.17, 15) is 8.78 Å². The predicted octanol–water partition coefficient (Wildman–Crippen LogP) is 2.16. The number of hydrogen-bond acceptors (Lipinski definition) is 2. The number of rotatable bonds is 3. The third kappa shape index (κ3) is 1.95. The second-order valence-corrected chi connectivity index (χ2v) is 2.58. The van der Waals surface area contributed by atoms with Gasteiger partial charge in [-0.2, -0.15) is 0 Å². The minimum atomic E-state index is -2.55. The summed E-state index contributed by atoms with van der Waals surface area (Å²) in [5.41, 5.74) is 0.689. The summed E-state index contributed by atoms with van der Waals surface area (Å²) in [6.45, 7) is -0.378. The van der Waals surface area contributed by atoms with Gasteiger partial charge >= 0.3 is 0 Å². The maximum Gasteiger partial charge on any atom is 0.264 e. The van der Waals surface area contributed by atoms with E-state index in [2.05, 4.69) is 5.32 Å². The Labute approximate surface area is 75.2 Å². The molecule has 4 heteroatoms. The zero-order chi connectivity index (χ0) is 9.84. The first-order valence-electron chi connectivity index (χ1n) is 3.89. The van der Waals surface area contributed by atoms with Crippen LogP contribution in [-0.4, -0.2) is 12.2 Å². The van der Waals surface area contributed by atoms with Crippen molar-refractivity contribution in [1.29, 1.82) is 0 Å². The van der Waals surface area contributed by atoms with Crippen LogP contribution in [0.5, 0.6) is 0 Å². The smallest absolute Gasteiger partial charge is 0.264 e. The molecule has 2 nitrogen and oxygen atoms in total. The molecule has 0 atom stereocenters. The van der Waals surface area contributed by atoms with Crippen LogP contribution in [0.2, 0.25) is 0 Å². The molecular weight excluding hydrogens is 176 g/mol. The van der Waals surface area contributed by atoms with Gasteiger partial charge in [0.05, 0.1) is 6.61 Å². The average Bonchev–Trinajstić information content (AvgIpc) is 2.16. The first kappa shape index (κ1) is 9.92. The molecule has 0 spiro atoms. The summed E-state index contributed by atoms with van der Waals surface area (Å²) >= 11 is 0. The van der Waals surface area contributed by atoms with E-state index < -0.39 is 6.43 Å². The molecule has 0 amide bonds. The molecule has 1 aromatic carbocycles. The molecule has 0 heterocycles. The van der Waals surface area contributed by atoms with E-state index in [4.69, 9.17) is 5.11 Å². The second-order valence-electron chi connectivity index (χ2n) is 2.58. The Balaban J connectivity index is 3.19. The summed E-state index contributed by atoms with van der Waals surface area (Å²) in [7, 11) is 1.63. The van der Waals surface area contributed by atoms with Crippen molar-refractivity contribution in [3.63, 3.8) is 0 Å². The van der Waals surface area contributed by atoms with Gasteiger partial charge in [-0.15, -0.1) is 0 Å². The monoisotopic (exact) mass is 187 g/mol. The van der Waals surface area contributed by atoms with Crippen molar-refractivity contribution in [1.82, 2.24) is 0 Å². The fraction of sp³-hybridized carbons (Fsp3) is 0.333. The van der Waals surface area contributed by atoms with Gasteiger partial charge in [-0.25, -0.2) is 8.78 Å². The first-order chi connectivity index (χ1) is 6.20. The summed E-state index contributed by atoms with van der Waals surface area (Å²) in [6, 6.07) is 4.50. The van der Waals surface area contributed by atoms with E-state index in [-0.39, 0.29) is 17.7 Å². The molecule has 0 saturated heterocycles. The second kappa shape index (κ2) is 4.18. The number of hydrogen-bond donors (Lipinski definition) is 2. The third-order valence-electron chi connectivity index (χ3n) is 1.87. The highest BCUT2D eigenvalue weighted by Gasteiger charge is 2.14. The van der Waals surface area contributed by atoms with E-state index in [1.54, 1.807) is 13.1 Å². The van der Waals surface area contributed by atoms with E-state index in [1.165, 1.54) is 12.1 Å². The van der Waals surface area contributed by atoms with Crippen LogP contribution in [0, 0.1) is 0 Å². The molecule has 0 bridgehead atoms. The lowest BCUT2D eigenvalue weighted by Gasteiger charge is -2.11. The van der Waals surface area contributed by atoms with Gasteiger partial charge < -0.3 is 10.4 Å². The fourth-order valence-electron chi connectivity index (χ4n) is 1.22. The molecule has 2 N–H and O–H groups in total. The van der Waals surface area contributed by atoms with Crippen molar-refractivity contribution >= 4 is 5.69 Å². The van der Waals surface area contributed by atoms with Gasteiger partial charge in [-0.3, -0.25) is 0 Å². The zero-order valence-corrected chi connectivity index (χ0v) is 7.22. The van der Waals surface area contributed by atoms with Crippen LogP contribution in [0.3, 0.4) is 0 Å². The Morgan fingerprint density at radius 1 is 1.46 bits per heavy atom. The van der Waals surface area contributed by atoms with Crippen LogP contribution in [0.1, 0.15) is 17.6 Å². The fourth-order valence-corrected chi connectivity index (χ4v) is 1.22. The lowest BCUT2D eigenvalue weighted by molar-refractivity contribution is 0.147. The van der Waals surface area contributed by atoms with Gasteiger partial charge in [0.1, 0.15) is 0 Å². The molecule has 0 aromatic heterocycles. The van der Waals surface area contributed by atoms with Gasteiger partial charge in [0.2, 0.25) is 0 Å². The number of alkyl halides is 2. The molecule has 72 valence electrons. The van der Waals surface area contributed by atoms with Crippen LogP contribution in [-0.2, 0) is 6.61 Å². The maximum absolute atomic E-state index is 12.4. The van der Waals surface area contributed by atoms with Crippen LogP contribution in [0.15, 0.2) is 18.2 Å². The highest BCUT2D eigenvalue weighted by atomic mass is 19.3. The molecule has 0 radical (unpaired) electrons. The summed E-state index contributed by atoms with van der Waals surface area (Å²) in [6.07, 6.45) is -2.55. The predicted molar refractivity (Wildman–Crippen MR) is 46.9 cm³/mol. The van der Waals surface area contributed by atoms with Gasteiger partial charge in [-0.1, -0.05) is 12.1 Å². The van der Waals surface area contributed by atoms with Crippen molar-refractivity contribution in [2.75, 3.05) is 12.4 Å². The van der Waals surface area contributed by atoms with Crippen molar-refractivity contribution in [2.45, 2.75) is 13.0 Å². The zero-order valence-electron chi connectivity index (χ0n) is 7.22. The first-order valence-corrected chi connectivity index (χ1v) is 3.89. The van der Waals surface area contributed by atoms with E-state index in [0.29, 0.717) is 5.69 Å². The standard InChI is InChI=1S/C9H11F2NO/c1-12-8-4-2-3-6(9(10)11)7(8)5-13/h2-4,9,12-13H,5H2,1H3. The SMILES string of the molecule is CNc1cccc(C(F)F)c1CO. The van der Waals surface area contributed by atoms with Crippen LogP contribution >= 0.6 is 0 Å².